The van der Waals surface area contributed by atoms with E-state index in [0.29, 0.717) is 33.2 Å². The zero-order valence-electron chi connectivity index (χ0n) is 20.6. The fourth-order valence-electron chi connectivity index (χ4n) is 4.09. The van der Waals surface area contributed by atoms with Gasteiger partial charge < -0.3 is 25.1 Å². The van der Waals surface area contributed by atoms with Gasteiger partial charge in [0.2, 0.25) is 0 Å². The zero-order valence-corrected chi connectivity index (χ0v) is 21.4. The summed E-state index contributed by atoms with van der Waals surface area (Å²) in [7, 11) is 1.56. The van der Waals surface area contributed by atoms with Gasteiger partial charge in [0.25, 0.3) is 5.56 Å². The summed E-state index contributed by atoms with van der Waals surface area (Å²) in [6.45, 7) is 1.88. The first kappa shape index (κ1) is 25.1. The summed E-state index contributed by atoms with van der Waals surface area (Å²) < 4.78 is 12.1. The van der Waals surface area contributed by atoms with Crippen LogP contribution in [0, 0.1) is 0 Å². The van der Waals surface area contributed by atoms with Gasteiger partial charge in [-0.1, -0.05) is 42.1 Å². The van der Waals surface area contributed by atoms with E-state index >= 15 is 0 Å². The quantitative estimate of drug-likeness (QED) is 0.179. The van der Waals surface area contributed by atoms with Crippen molar-refractivity contribution in [1.82, 2.24) is 30.4 Å². The summed E-state index contributed by atoms with van der Waals surface area (Å²) in [5.74, 6) is 0.226. The molecule has 0 bridgehead atoms. The van der Waals surface area contributed by atoms with E-state index in [4.69, 9.17) is 9.47 Å². The van der Waals surface area contributed by atoms with E-state index in [1.165, 1.54) is 18.0 Å². The van der Waals surface area contributed by atoms with Crippen molar-refractivity contribution >= 4 is 34.8 Å². The fraction of sp³-hybridized carbons (Fsp3) is 0.192. The van der Waals surface area contributed by atoms with Gasteiger partial charge in [0.05, 0.1) is 37.2 Å². The normalized spacial score (nSPS) is 15.2. The second kappa shape index (κ2) is 10.8. The molecule has 3 N–H and O–H groups in total. The highest BCUT2D eigenvalue weighted by atomic mass is 32.2. The number of hydrogen-bond acceptors (Lipinski definition) is 8. The average Bonchev–Trinajstić information content (AvgIpc) is 3.37. The Labute approximate surface area is 221 Å². The maximum atomic E-state index is 13.0. The number of aromatic amines is 1. The van der Waals surface area contributed by atoms with Gasteiger partial charge in [0, 0.05) is 11.4 Å². The third-order valence-electron chi connectivity index (χ3n) is 5.87. The molecular weight excluding hydrogens is 508 g/mol. The average molecular weight is 533 g/mol. The van der Waals surface area contributed by atoms with Crippen molar-refractivity contribution in [2.24, 2.45) is 0 Å². The monoisotopic (exact) mass is 532 g/mol. The number of benzene rings is 2. The highest BCUT2D eigenvalue weighted by Gasteiger charge is 2.33. The summed E-state index contributed by atoms with van der Waals surface area (Å²) in [6.07, 6.45) is 1.47. The van der Waals surface area contributed by atoms with Crippen LogP contribution < -0.4 is 20.9 Å². The van der Waals surface area contributed by atoms with E-state index in [1.807, 2.05) is 30.3 Å². The molecule has 1 atom stereocenters. The Morgan fingerprint density at radius 3 is 2.58 bits per heavy atom. The first-order valence-electron chi connectivity index (χ1n) is 11.8. The van der Waals surface area contributed by atoms with E-state index < -0.39 is 18.0 Å². The number of esters is 1. The molecule has 0 saturated carbocycles. The summed E-state index contributed by atoms with van der Waals surface area (Å²) in [5.41, 5.74) is 2.12. The van der Waals surface area contributed by atoms with Crippen molar-refractivity contribution in [3.05, 3.63) is 88.0 Å². The number of aromatic nitrogens is 4. The molecule has 38 heavy (non-hydrogen) atoms. The number of fused-ring (bicyclic) bond motifs is 1. The number of para-hydroxylation sites is 1. The van der Waals surface area contributed by atoms with Crippen molar-refractivity contribution in [2.75, 3.05) is 19.5 Å². The van der Waals surface area contributed by atoms with Crippen LogP contribution in [0.15, 0.2) is 82.0 Å². The van der Waals surface area contributed by atoms with Crippen LogP contribution >= 0.6 is 11.8 Å². The molecule has 0 radical (unpaired) electrons. The second-order valence-corrected chi connectivity index (χ2v) is 9.17. The van der Waals surface area contributed by atoms with Crippen LogP contribution in [0.5, 0.6) is 5.75 Å². The SMILES string of the molecule is CCOC(=O)C1=C(CSc2nc3c(cnn3-c3ccccc3)c(=O)[nH]2)NC(=O)N[C@H]1c1ccc(OC)cc1. The topological polar surface area (TPSA) is 140 Å². The Balaban J connectivity index is 1.50. The molecule has 12 heteroatoms. The van der Waals surface area contributed by atoms with Crippen LogP contribution in [-0.4, -0.2) is 51.2 Å². The molecule has 0 aliphatic carbocycles. The lowest BCUT2D eigenvalue weighted by Crippen LogP contribution is -2.46. The number of H-pyrrole nitrogens is 1. The predicted molar refractivity (Wildman–Crippen MR) is 141 cm³/mol. The minimum atomic E-state index is -0.738. The molecule has 5 rings (SSSR count). The summed E-state index contributed by atoms with van der Waals surface area (Å²) in [4.78, 5) is 45.7. The first-order chi connectivity index (χ1) is 18.5. The van der Waals surface area contributed by atoms with E-state index in [2.05, 4.69) is 25.7 Å². The number of nitrogens with zero attached hydrogens (tertiary/aromatic N) is 3. The number of carbonyl (C=O) groups is 2. The fourth-order valence-corrected chi connectivity index (χ4v) is 4.92. The van der Waals surface area contributed by atoms with Crippen molar-refractivity contribution in [3.8, 4) is 11.4 Å². The number of amides is 2. The maximum absolute atomic E-state index is 13.0. The Hall–Kier alpha value is -4.58. The molecule has 4 aromatic rings. The third kappa shape index (κ3) is 4.98. The number of thioether (sulfide) groups is 1. The summed E-state index contributed by atoms with van der Waals surface area (Å²) in [6, 6.07) is 15.2. The highest BCUT2D eigenvalue weighted by molar-refractivity contribution is 7.99. The van der Waals surface area contributed by atoms with Crippen molar-refractivity contribution in [2.45, 2.75) is 18.1 Å². The van der Waals surface area contributed by atoms with Crippen LogP contribution in [0.2, 0.25) is 0 Å². The molecule has 11 nitrogen and oxygen atoms in total. The van der Waals surface area contributed by atoms with Crippen molar-refractivity contribution in [3.63, 3.8) is 0 Å². The largest absolute Gasteiger partial charge is 0.497 e. The minimum Gasteiger partial charge on any atom is -0.497 e. The van der Waals surface area contributed by atoms with Crippen molar-refractivity contribution in [1.29, 1.82) is 0 Å². The van der Waals surface area contributed by atoms with Crippen LogP contribution in [0.4, 0.5) is 4.79 Å². The molecular formula is C26H24N6O5S. The summed E-state index contributed by atoms with van der Waals surface area (Å²) in [5, 5.41) is 10.5. The van der Waals surface area contributed by atoms with Crippen LogP contribution in [0.3, 0.4) is 0 Å². The minimum absolute atomic E-state index is 0.141. The zero-order chi connectivity index (χ0) is 26.6. The molecule has 2 amide bonds. The maximum Gasteiger partial charge on any atom is 0.338 e. The van der Waals surface area contributed by atoms with E-state index in [0.717, 1.165) is 5.69 Å². The van der Waals surface area contributed by atoms with E-state index in [1.54, 1.807) is 43.0 Å². The van der Waals surface area contributed by atoms with Gasteiger partial charge in [-0.25, -0.2) is 19.3 Å². The van der Waals surface area contributed by atoms with Gasteiger partial charge in [-0.05, 0) is 36.8 Å². The number of carbonyl (C=O) groups excluding carboxylic acids is 2. The molecule has 0 fully saturated rings. The Morgan fingerprint density at radius 2 is 1.87 bits per heavy atom. The van der Waals surface area contributed by atoms with Gasteiger partial charge in [-0.2, -0.15) is 5.10 Å². The Bertz CT molecular complexity index is 1580. The van der Waals surface area contributed by atoms with Crippen LogP contribution in [-0.2, 0) is 9.53 Å². The second-order valence-electron chi connectivity index (χ2n) is 8.21. The van der Waals surface area contributed by atoms with Gasteiger partial charge in [0.1, 0.15) is 11.1 Å². The standard InChI is InChI=1S/C26H24N6O5S/c1-3-37-24(34)20-19(28-25(35)29-21(20)15-9-11-17(36-2)12-10-15)14-38-26-30-22-18(23(33)31-26)13-27-32(22)16-7-5-4-6-8-16/h4-13,21H,3,14H2,1-2H3,(H2,28,29,35)(H,30,31,33)/t21-/m0/s1. The number of urea groups is 1. The van der Waals surface area contributed by atoms with E-state index in [9.17, 15) is 14.4 Å². The highest BCUT2D eigenvalue weighted by Crippen LogP contribution is 2.31. The van der Waals surface area contributed by atoms with Gasteiger partial charge >= 0.3 is 12.0 Å². The molecule has 2 aromatic heterocycles. The van der Waals surface area contributed by atoms with Crippen molar-refractivity contribution < 1.29 is 19.1 Å². The third-order valence-corrected chi connectivity index (χ3v) is 6.77. The molecule has 0 spiro atoms. The Kier molecular flexibility index (Phi) is 7.13. The van der Waals surface area contributed by atoms with Gasteiger partial charge in [0.15, 0.2) is 10.8 Å². The molecule has 0 unspecified atom stereocenters. The van der Waals surface area contributed by atoms with E-state index in [-0.39, 0.29) is 23.5 Å². The Morgan fingerprint density at radius 1 is 1.11 bits per heavy atom. The number of methoxy groups -OCH3 is 1. The number of rotatable bonds is 8. The van der Waals surface area contributed by atoms with Gasteiger partial charge in [-0.3, -0.25) is 4.79 Å². The van der Waals surface area contributed by atoms with Gasteiger partial charge in [-0.15, -0.1) is 0 Å². The smallest absolute Gasteiger partial charge is 0.338 e. The predicted octanol–water partition coefficient (Wildman–Crippen LogP) is 3.08. The lowest BCUT2D eigenvalue weighted by Gasteiger charge is -2.29. The number of ether oxygens (including phenoxy) is 2. The molecule has 3 heterocycles. The molecule has 194 valence electrons. The van der Waals surface area contributed by atoms with Crippen LogP contribution in [0.1, 0.15) is 18.5 Å². The lowest BCUT2D eigenvalue weighted by atomic mass is 9.95. The molecule has 2 aromatic carbocycles. The summed E-state index contributed by atoms with van der Waals surface area (Å²) >= 11 is 1.17. The lowest BCUT2D eigenvalue weighted by molar-refractivity contribution is -0.139. The first-order valence-corrected chi connectivity index (χ1v) is 12.7. The number of nitrogens with one attached hydrogen (secondary N) is 3. The molecule has 1 aliphatic rings. The molecule has 0 saturated heterocycles. The molecule has 1 aliphatic heterocycles. The van der Waals surface area contributed by atoms with Crippen LogP contribution in [0.25, 0.3) is 16.7 Å². The number of hydrogen-bond donors (Lipinski definition) is 3.